The summed E-state index contributed by atoms with van der Waals surface area (Å²) in [5.74, 6) is 0. The highest BCUT2D eigenvalue weighted by molar-refractivity contribution is 6.35. The summed E-state index contributed by atoms with van der Waals surface area (Å²) >= 11 is 6.09. The number of nitrogens with one attached hydrogen (secondary N) is 2. The van der Waals surface area contributed by atoms with Gasteiger partial charge in [-0.1, -0.05) is 17.7 Å². The van der Waals surface area contributed by atoms with Crippen molar-refractivity contribution in [2.24, 2.45) is 0 Å². The molecule has 0 amide bonds. The van der Waals surface area contributed by atoms with Crippen molar-refractivity contribution >= 4 is 34.3 Å². The zero-order valence-corrected chi connectivity index (χ0v) is 11.0. The van der Waals surface area contributed by atoms with Crippen LogP contribution in [0.1, 0.15) is 11.3 Å². The van der Waals surface area contributed by atoms with Crippen LogP contribution in [0, 0.1) is 16.7 Å². The third kappa shape index (κ3) is 2.42. The van der Waals surface area contributed by atoms with Crippen molar-refractivity contribution in [2.75, 3.05) is 7.05 Å². The summed E-state index contributed by atoms with van der Waals surface area (Å²) in [6, 6.07) is 9.18. The van der Waals surface area contributed by atoms with Crippen molar-refractivity contribution in [1.29, 1.82) is 10.7 Å². The molecule has 0 fully saturated rings. The van der Waals surface area contributed by atoms with Crippen LogP contribution in [-0.4, -0.2) is 18.2 Å². The first kappa shape index (κ1) is 13.1. The van der Waals surface area contributed by atoms with Crippen LogP contribution < -0.4 is 5.32 Å². The van der Waals surface area contributed by atoms with Crippen LogP contribution in [0.3, 0.4) is 0 Å². The second-order valence-corrected chi connectivity index (χ2v) is 4.24. The van der Waals surface area contributed by atoms with Gasteiger partial charge in [-0.05, 0) is 18.2 Å². The van der Waals surface area contributed by atoms with E-state index in [1.54, 1.807) is 31.4 Å². The molecule has 0 aliphatic carbocycles. The van der Waals surface area contributed by atoms with Gasteiger partial charge in [0.25, 0.3) is 0 Å². The van der Waals surface area contributed by atoms with Gasteiger partial charge in [0.05, 0.1) is 21.8 Å². The molecule has 1 heterocycles. The first-order valence-electron chi connectivity index (χ1n) is 5.59. The molecule has 0 aliphatic heterocycles. The molecule has 1 aromatic heterocycles. The highest BCUT2D eigenvalue weighted by atomic mass is 35.5. The molecule has 2 N–H and O–H groups in total. The summed E-state index contributed by atoms with van der Waals surface area (Å²) < 4.78 is 0. The highest BCUT2D eigenvalue weighted by Crippen LogP contribution is 2.26. The number of hydrogen-bond acceptors (Lipinski definition) is 4. The second-order valence-electron chi connectivity index (χ2n) is 3.84. The third-order valence-electron chi connectivity index (χ3n) is 2.66. The molecule has 0 radical (unpaired) electrons. The Morgan fingerprint density at radius 2 is 2.32 bits per heavy atom. The van der Waals surface area contributed by atoms with Gasteiger partial charge in [-0.2, -0.15) is 5.26 Å². The number of rotatable bonds is 3. The highest BCUT2D eigenvalue weighted by Gasteiger charge is 2.11. The molecule has 2 rings (SSSR count). The van der Waals surface area contributed by atoms with Crippen LogP contribution in [0.5, 0.6) is 0 Å². The summed E-state index contributed by atoms with van der Waals surface area (Å²) in [4.78, 5) is 4.43. The van der Waals surface area contributed by atoms with Gasteiger partial charge >= 0.3 is 0 Å². The minimum atomic E-state index is 0.394. The van der Waals surface area contributed by atoms with Crippen molar-refractivity contribution in [1.82, 2.24) is 10.3 Å². The molecule has 2 aromatic rings. The largest absolute Gasteiger partial charge is 0.393 e. The number of allylic oxidation sites excluding steroid dienone is 1. The summed E-state index contributed by atoms with van der Waals surface area (Å²) in [5, 5.41) is 20.8. The molecule has 94 valence electrons. The van der Waals surface area contributed by atoms with E-state index in [4.69, 9.17) is 17.0 Å². The van der Waals surface area contributed by atoms with Crippen LogP contribution in [0.2, 0.25) is 5.02 Å². The smallest absolute Gasteiger partial charge is 0.101 e. The summed E-state index contributed by atoms with van der Waals surface area (Å²) in [7, 11) is 1.73. The number of nitriles is 1. The fourth-order valence-electron chi connectivity index (χ4n) is 1.80. The van der Waals surface area contributed by atoms with E-state index in [1.165, 1.54) is 0 Å². The zero-order chi connectivity index (χ0) is 13.8. The Morgan fingerprint density at radius 3 is 2.95 bits per heavy atom. The number of hydrogen-bond donors (Lipinski definition) is 2. The molecule has 1 aromatic carbocycles. The average molecular weight is 271 g/mol. The Kier molecular flexibility index (Phi) is 3.79. The Labute approximate surface area is 115 Å². The predicted molar refractivity (Wildman–Crippen MR) is 77.3 cm³/mol. The van der Waals surface area contributed by atoms with Crippen LogP contribution in [-0.2, 0) is 0 Å². The molecular weight excluding hydrogens is 260 g/mol. The summed E-state index contributed by atoms with van der Waals surface area (Å²) in [6.07, 6.45) is 2.79. The minimum Gasteiger partial charge on any atom is -0.393 e. The Morgan fingerprint density at radius 1 is 1.53 bits per heavy atom. The van der Waals surface area contributed by atoms with Crippen LogP contribution in [0.25, 0.3) is 16.5 Å². The van der Waals surface area contributed by atoms with Crippen LogP contribution in [0.4, 0.5) is 0 Å². The first-order chi connectivity index (χ1) is 9.21. The Balaban J connectivity index is 2.78. The average Bonchev–Trinajstić information content (AvgIpc) is 2.44. The molecule has 19 heavy (non-hydrogen) atoms. The van der Waals surface area contributed by atoms with Gasteiger partial charge in [-0.15, -0.1) is 0 Å². The van der Waals surface area contributed by atoms with Gasteiger partial charge < -0.3 is 10.7 Å². The molecule has 0 saturated carbocycles. The number of aromatic nitrogens is 1. The lowest BCUT2D eigenvalue weighted by atomic mass is 10.1. The fourth-order valence-corrected chi connectivity index (χ4v) is 2.02. The van der Waals surface area contributed by atoms with E-state index < -0.39 is 0 Å². The number of benzene rings is 1. The number of nitrogens with zero attached hydrogens (tertiary/aromatic N) is 2. The van der Waals surface area contributed by atoms with E-state index in [1.807, 2.05) is 6.07 Å². The van der Waals surface area contributed by atoms with Crippen molar-refractivity contribution in [3.8, 4) is 6.07 Å². The van der Waals surface area contributed by atoms with Gasteiger partial charge in [-0.25, -0.2) is 4.98 Å². The van der Waals surface area contributed by atoms with Crippen LogP contribution in [0.15, 0.2) is 30.5 Å². The fraction of sp³-hybridized carbons (Fsp3) is 0.0714. The SMILES string of the molecule is CN/C=C(\C=N)c1nc2cccc(Cl)c2cc1C#N. The standard InChI is InChI=1S/C14H11ClN4/c1-18-8-10(7-17)14-9(6-16)5-11-12(15)3-2-4-13(11)19-14/h2-5,7-8,17-18H,1H3/b10-8+,17-7?. The quantitative estimate of drug-likeness (QED) is 0.842. The van der Waals surface area contributed by atoms with E-state index in [9.17, 15) is 5.26 Å². The summed E-state index contributed by atoms with van der Waals surface area (Å²) in [5.41, 5.74) is 2.11. The molecule has 5 heteroatoms. The topological polar surface area (TPSA) is 72.6 Å². The Bertz CT molecular complexity index is 713. The van der Waals surface area contributed by atoms with Crippen molar-refractivity contribution in [3.05, 3.63) is 46.7 Å². The van der Waals surface area contributed by atoms with Crippen molar-refractivity contribution in [3.63, 3.8) is 0 Å². The van der Waals surface area contributed by atoms with Crippen molar-refractivity contribution in [2.45, 2.75) is 0 Å². The van der Waals surface area contributed by atoms with Gasteiger partial charge in [0.2, 0.25) is 0 Å². The van der Waals surface area contributed by atoms with E-state index in [2.05, 4.69) is 16.4 Å². The van der Waals surface area contributed by atoms with E-state index in [0.29, 0.717) is 27.4 Å². The first-order valence-corrected chi connectivity index (χ1v) is 5.96. The van der Waals surface area contributed by atoms with Gasteiger partial charge in [0.1, 0.15) is 6.07 Å². The van der Waals surface area contributed by atoms with Crippen molar-refractivity contribution < 1.29 is 0 Å². The predicted octanol–water partition coefficient (Wildman–Crippen LogP) is 2.97. The second kappa shape index (κ2) is 5.51. The molecule has 0 unspecified atom stereocenters. The molecule has 0 atom stereocenters. The van der Waals surface area contributed by atoms with Gasteiger partial charge in [0, 0.05) is 30.4 Å². The van der Waals surface area contributed by atoms with E-state index in [-0.39, 0.29) is 0 Å². The maximum atomic E-state index is 9.23. The lowest BCUT2D eigenvalue weighted by molar-refractivity contribution is 1.10. The van der Waals surface area contributed by atoms with E-state index in [0.717, 1.165) is 11.6 Å². The molecular formula is C14H11ClN4. The number of pyridine rings is 1. The molecule has 0 bridgehead atoms. The number of fused-ring (bicyclic) bond motifs is 1. The van der Waals surface area contributed by atoms with Gasteiger partial charge in [0.15, 0.2) is 0 Å². The summed E-state index contributed by atoms with van der Waals surface area (Å²) in [6.45, 7) is 0. The van der Waals surface area contributed by atoms with E-state index >= 15 is 0 Å². The molecule has 0 saturated heterocycles. The molecule has 4 nitrogen and oxygen atoms in total. The minimum absolute atomic E-state index is 0.394. The third-order valence-corrected chi connectivity index (χ3v) is 2.98. The van der Waals surface area contributed by atoms with Crippen LogP contribution >= 0.6 is 11.6 Å². The van der Waals surface area contributed by atoms with Gasteiger partial charge in [-0.3, -0.25) is 0 Å². The monoisotopic (exact) mass is 270 g/mol. The number of halogens is 1. The maximum Gasteiger partial charge on any atom is 0.101 e. The maximum absolute atomic E-state index is 9.23. The zero-order valence-electron chi connectivity index (χ0n) is 10.2. The molecule has 0 spiro atoms. The molecule has 0 aliphatic rings. The lowest BCUT2D eigenvalue weighted by Gasteiger charge is -2.07. The normalized spacial score (nSPS) is 11.1. The Hall–Kier alpha value is -2.38. The lowest BCUT2D eigenvalue weighted by Crippen LogP contribution is -2.01.